The first-order chi connectivity index (χ1) is 45.1. The molecule has 0 aromatic heterocycles. The molecular weight excluding hydrogens is 1230 g/mol. The van der Waals surface area contributed by atoms with Crippen molar-refractivity contribution in [2.24, 2.45) is 23.7 Å². The number of hydrogen-bond donors (Lipinski definition) is 3. The predicted octanol–water partition coefficient (Wildman–Crippen LogP) is 21.7. The lowest BCUT2D eigenvalue weighted by molar-refractivity contribution is -0.161. The number of phosphoric ester groups is 2. The normalized spacial score (nSPS) is 14.4. The number of carbonyl (C=O) groups excluding carboxylic acids is 4. The fourth-order valence-electron chi connectivity index (χ4n) is 11.3. The van der Waals surface area contributed by atoms with Crippen LogP contribution in [0.1, 0.15) is 376 Å². The van der Waals surface area contributed by atoms with Crippen molar-refractivity contribution in [1.82, 2.24) is 0 Å². The van der Waals surface area contributed by atoms with Crippen LogP contribution in [0.4, 0.5) is 0 Å². The summed E-state index contributed by atoms with van der Waals surface area (Å²) in [5.74, 6) is 0.922. The Kier molecular flexibility index (Phi) is 63.1. The molecule has 0 heterocycles. The van der Waals surface area contributed by atoms with Crippen LogP contribution in [0.5, 0.6) is 0 Å². The molecule has 0 aromatic carbocycles. The molecule has 0 bridgehead atoms. The van der Waals surface area contributed by atoms with Gasteiger partial charge in [-0.3, -0.25) is 37.3 Å². The maximum atomic E-state index is 13.1. The van der Waals surface area contributed by atoms with Crippen molar-refractivity contribution in [1.29, 1.82) is 0 Å². The summed E-state index contributed by atoms with van der Waals surface area (Å²) < 4.78 is 68.5. The Hall–Kier alpha value is -1.94. The average molecular weight is 1380 g/mol. The Labute approximate surface area is 575 Å². The average Bonchev–Trinajstić information content (AvgIpc) is 1.82. The van der Waals surface area contributed by atoms with Crippen molar-refractivity contribution in [3.8, 4) is 0 Å². The topological polar surface area (TPSA) is 237 Å². The highest BCUT2D eigenvalue weighted by atomic mass is 31.2. The molecule has 558 valence electrons. The Morgan fingerprint density at radius 1 is 0.298 bits per heavy atom. The molecular formula is C75H146O17P2. The van der Waals surface area contributed by atoms with Crippen molar-refractivity contribution in [2.45, 2.75) is 395 Å². The summed E-state index contributed by atoms with van der Waals surface area (Å²) in [4.78, 5) is 72.8. The smallest absolute Gasteiger partial charge is 0.462 e. The van der Waals surface area contributed by atoms with Gasteiger partial charge in [-0.25, -0.2) is 9.13 Å². The number of phosphoric acid groups is 2. The highest BCUT2D eigenvalue weighted by Crippen LogP contribution is 2.45. The van der Waals surface area contributed by atoms with Crippen LogP contribution in [-0.2, 0) is 65.4 Å². The Morgan fingerprint density at radius 2 is 0.511 bits per heavy atom. The minimum absolute atomic E-state index is 0.105. The quantitative estimate of drug-likeness (QED) is 0.0222. The Bertz CT molecular complexity index is 1850. The molecule has 3 N–H and O–H groups in total. The first-order valence-electron chi connectivity index (χ1n) is 38.7. The lowest BCUT2D eigenvalue weighted by atomic mass is 10.00. The van der Waals surface area contributed by atoms with Crippen LogP contribution in [0.15, 0.2) is 0 Å². The van der Waals surface area contributed by atoms with Crippen LogP contribution in [-0.4, -0.2) is 96.7 Å². The fraction of sp³-hybridized carbons (Fsp3) is 0.947. The second-order valence-electron chi connectivity index (χ2n) is 28.7. The van der Waals surface area contributed by atoms with Gasteiger partial charge in [0, 0.05) is 25.7 Å². The molecule has 17 nitrogen and oxygen atoms in total. The fourth-order valence-corrected chi connectivity index (χ4v) is 12.9. The van der Waals surface area contributed by atoms with Crippen LogP contribution >= 0.6 is 15.6 Å². The molecule has 0 rings (SSSR count). The zero-order valence-electron chi connectivity index (χ0n) is 61.6. The highest BCUT2D eigenvalue weighted by Gasteiger charge is 2.30. The number of esters is 4. The van der Waals surface area contributed by atoms with Crippen molar-refractivity contribution in [3.63, 3.8) is 0 Å². The summed E-state index contributed by atoms with van der Waals surface area (Å²) in [6.07, 6.45) is 48.6. The van der Waals surface area contributed by atoms with Crippen LogP contribution in [0.3, 0.4) is 0 Å². The van der Waals surface area contributed by atoms with E-state index in [-0.39, 0.29) is 25.7 Å². The molecule has 0 saturated heterocycles. The van der Waals surface area contributed by atoms with Gasteiger partial charge < -0.3 is 33.8 Å². The van der Waals surface area contributed by atoms with E-state index < -0.39 is 97.5 Å². The van der Waals surface area contributed by atoms with E-state index in [4.69, 9.17) is 37.0 Å². The third-order valence-electron chi connectivity index (χ3n) is 17.7. The van der Waals surface area contributed by atoms with Crippen LogP contribution < -0.4 is 0 Å². The molecule has 0 fully saturated rings. The van der Waals surface area contributed by atoms with Gasteiger partial charge in [-0.1, -0.05) is 325 Å². The zero-order valence-corrected chi connectivity index (χ0v) is 63.4. The molecule has 0 aromatic rings. The third kappa shape index (κ3) is 67.3. The van der Waals surface area contributed by atoms with Crippen molar-refractivity contribution >= 4 is 39.5 Å². The minimum Gasteiger partial charge on any atom is -0.462 e. The number of hydrogen-bond acceptors (Lipinski definition) is 15. The highest BCUT2D eigenvalue weighted by molar-refractivity contribution is 7.47. The number of ether oxygens (including phenoxy) is 4. The lowest BCUT2D eigenvalue weighted by Gasteiger charge is -2.21. The summed E-state index contributed by atoms with van der Waals surface area (Å²) in [6.45, 7) is 14.2. The molecule has 0 aliphatic carbocycles. The molecule has 3 unspecified atom stereocenters. The van der Waals surface area contributed by atoms with Crippen LogP contribution in [0, 0.1) is 23.7 Å². The number of aliphatic hydroxyl groups excluding tert-OH is 1. The first-order valence-corrected chi connectivity index (χ1v) is 41.7. The molecule has 19 heteroatoms. The van der Waals surface area contributed by atoms with Gasteiger partial charge in [0.15, 0.2) is 12.2 Å². The van der Waals surface area contributed by atoms with Crippen molar-refractivity contribution in [3.05, 3.63) is 0 Å². The molecule has 0 spiro atoms. The molecule has 0 aliphatic rings. The van der Waals surface area contributed by atoms with E-state index in [1.165, 1.54) is 173 Å². The van der Waals surface area contributed by atoms with Crippen molar-refractivity contribution < 1.29 is 80.2 Å². The van der Waals surface area contributed by atoms with Gasteiger partial charge in [0.1, 0.15) is 19.3 Å². The van der Waals surface area contributed by atoms with Gasteiger partial charge in [-0.05, 0) is 49.4 Å². The summed E-state index contributed by atoms with van der Waals surface area (Å²) in [7, 11) is -9.91. The molecule has 6 atom stereocenters. The van der Waals surface area contributed by atoms with Gasteiger partial charge in [-0.2, -0.15) is 0 Å². The first kappa shape index (κ1) is 92.1. The molecule has 94 heavy (non-hydrogen) atoms. The largest absolute Gasteiger partial charge is 0.472 e. The summed E-state index contributed by atoms with van der Waals surface area (Å²) >= 11 is 0. The maximum Gasteiger partial charge on any atom is 0.472 e. The lowest BCUT2D eigenvalue weighted by Crippen LogP contribution is -2.30. The Balaban J connectivity index is 5.24. The maximum absolute atomic E-state index is 13.1. The second kappa shape index (κ2) is 64.4. The van der Waals surface area contributed by atoms with E-state index in [0.29, 0.717) is 25.7 Å². The SMILES string of the molecule is CCC(C)CCCCCCCCC(=O)OC[C@H](COP(=O)(O)OC[C@H](O)COP(=O)(O)OC[C@@H](COC(=O)CCCCCCCCCCCCCCCC(C)C)OC(=O)CCCCCCCCCCCC(C)C)OC(=O)CCCCCCCCCCCCCCCC(C)C. The van der Waals surface area contributed by atoms with Gasteiger partial charge in [-0.15, -0.1) is 0 Å². The second-order valence-corrected chi connectivity index (χ2v) is 31.6. The number of carbonyl (C=O) groups is 4. The van der Waals surface area contributed by atoms with Crippen LogP contribution in [0.2, 0.25) is 0 Å². The standard InChI is InChI=1S/C75H146O17P2/c1-9-68(8)54-46-38-33-34-40-48-56-73(78)86-62-71(92-74(79)57-49-41-31-25-19-15-11-13-17-22-28-36-44-52-66(4)5)64-90-94(83,84)88-60-69(76)59-87-93(81,82)89-63-70(91-75(80)58-50-42-32-26-20-23-29-37-45-53-67(6)7)61-85-72(77)55-47-39-30-24-18-14-10-12-16-21-27-35-43-51-65(2)3/h65-71,76H,9-64H2,1-8H3,(H,81,82)(H,83,84)/t68?,69-,70-,71-/m1/s1. The van der Waals surface area contributed by atoms with Crippen LogP contribution in [0.25, 0.3) is 0 Å². The molecule has 0 radical (unpaired) electrons. The van der Waals surface area contributed by atoms with E-state index in [2.05, 4.69) is 55.4 Å². The van der Waals surface area contributed by atoms with Gasteiger partial charge in [0.25, 0.3) is 0 Å². The van der Waals surface area contributed by atoms with Gasteiger partial charge >= 0.3 is 39.5 Å². The van der Waals surface area contributed by atoms with E-state index in [0.717, 1.165) is 120 Å². The van der Waals surface area contributed by atoms with E-state index in [9.17, 15) is 43.2 Å². The number of unbranched alkanes of at least 4 members (excludes halogenated alkanes) is 37. The van der Waals surface area contributed by atoms with E-state index in [1.54, 1.807) is 0 Å². The van der Waals surface area contributed by atoms with E-state index >= 15 is 0 Å². The predicted molar refractivity (Wildman–Crippen MR) is 381 cm³/mol. The Morgan fingerprint density at radius 3 is 0.755 bits per heavy atom. The van der Waals surface area contributed by atoms with Gasteiger partial charge in [0.2, 0.25) is 0 Å². The molecule has 0 saturated carbocycles. The van der Waals surface area contributed by atoms with Gasteiger partial charge in [0.05, 0.1) is 26.4 Å². The van der Waals surface area contributed by atoms with E-state index in [1.807, 2.05) is 0 Å². The van der Waals surface area contributed by atoms with Crippen molar-refractivity contribution in [2.75, 3.05) is 39.6 Å². The minimum atomic E-state index is -4.96. The summed E-state index contributed by atoms with van der Waals surface area (Å²) in [5.41, 5.74) is 0. The summed E-state index contributed by atoms with van der Waals surface area (Å²) in [5, 5.41) is 10.6. The monoisotopic (exact) mass is 1380 g/mol. The summed E-state index contributed by atoms with van der Waals surface area (Å²) in [6, 6.07) is 0. The third-order valence-corrected chi connectivity index (χ3v) is 19.6. The molecule has 0 aliphatic heterocycles. The zero-order chi connectivity index (χ0) is 69.6. The molecule has 0 amide bonds. The number of aliphatic hydroxyl groups is 1. The number of rotatable bonds is 72.